The third-order valence-electron chi connectivity index (χ3n) is 3.76. The number of carboxylic acid groups (broad SMARTS) is 1. The van der Waals surface area contributed by atoms with Crippen LogP contribution < -0.4 is 5.32 Å². The Balaban J connectivity index is 1.87. The second kappa shape index (κ2) is 8.64. The third-order valence-corrected chi connectivity index (χ3v) is 4.53. The third kappa shape index (κ3) is 5.20. The van der Waals surface area contributed by atoms with Crippen molar-refractivity contribution in [3.63, 3.8) is 0 Å². The maximum Gasteiger partial charge on any atom is 0.335 e. The van der Waals surface area contributed by atoms with E-state index in [2.05, 4.69) is 21.2 Å². The number of amides is 1. The summed E-state index contributed by atoms with van der Waals surface area (Å²) in [5.41, 5.74) is 2.08. The van der Waals surface area contributed by atoms with Crippen molar-refractivity contribution < 1.29 is 14.7 Å². The van der Waals surface area contributed by atoms with Gasteiger partial charge in [-0.3, -0.25) is 4.79 Å². The van der Waals surface area contributed by atoms with Gasteiger partial charge in [-0.15, -0.1) is 0 Å². The first-order chi connectivity index (χ1) is 11.5. The second-order valence-corrected chi connectivity index (χ2v) is 6.58. The van der Waals surface area contributed by atoms with E-state index < -0.39 is 5.97 Å². The summed E-state index contributed by atoms with van der Waals surface area (Å²) in [7, 11) is 0. The number of benzene rings is 2. The molecule has 1 atom stereocenters. The lowest BCUT2D eigenvalue weighted by Crippen LogP contribution is -2.34. The summed E-state index contributed by atoms with van der Waals surface area (Å²) in [6.07, 6.45) is 1.42. The summed E-state index contributed by atoms with van der Waals surface area (Å²) in [6.45, 7) is 1.96. The van der Waals surface area contributed by atoms with Crippen LogP contribution in [-0.4, -0.2) is 23.0 Å². The minimum atomic E-state index is -0.965. The first kappa shape index (κ1) is 18.2. The predicted octanol–water partition coefficient (Wildman–Crippen LogP) is 3.83. The van der Waals surface area contributed by atoms with Crippen molar-refractivity contribution in [1.29, 1.82) is 0 Å². The standard InChI is InChI=1S/C19H20BrNO3/c1-13(12-15-7-3-5-9-17(15)20)21-18(22)11-10-14-6-2-4-8-16(14)19(23)24/h2-9,13H,10-12H2,1H3,(H,21,22)(H,23,24). The minimum Gasteiger partial charge on any atom is -0.478 e. The lowest BCUT2D eigenvalue weighted by Gasteiger charge is -2.15. The summed E-state index contributed by atoms with van der Waals surface area (Å²) >= 11 is 3.51. The summed E-state index contributed by atoms with van der Waals surface area (Å²) < 4.78 is 1.03. The van der Waals surface area contributed by atoms with Gasteiger partial charge in [0.2, 0.25) is 5.91 Å². The molecule has 2 rings (SSSR count). The number of hydrogen-bond donors (Lipinski definition) is 2. The highest BCUT2D eigenvalue weighted by molar-refractivity contribution is 9.10. The van der Waals surface area contributed by atoms with Crippen LogP contribution in [0.3, 0.4) is 0 Å². The quantitative estimate of drug-likeness (QED) is 0.755. The first-order valence-electron chi connectivity index (χ1n) is 7.81. The smallest absolute Gasteiger partial charge is 0.335 e. The number of carbonyl (C=O) groups is 2. The highest BCUT2D eigenvalue weighted by Gasteiger charge is 2.13. The molecule has 0 aliphatic rings. The molecule has 0 heterocycles. The van der Waals surface area contributed by atoms with Crippen molar-refractivity contribution in [3.05, 3.63) is 69.7 Å². The number of rotatable bonds is 7. The molecule has 0 saturated carbocycles. The molecule has 2 aromatic rings. The van der Waals surface area contributed by atoms with Gasteiger partial charge in [0, 0.05) is 16.9 Å². The molecular formula is C19H20BrNO3. The average Bonchev–Trinajstić information content (AvgIpc) is 2.55. The summed E-state index contributed by atoms with van der Waals surface area (Å²) in [5, 5.41) is 12.1. The number of hydrogen-bond acceptors (Lipinski definition) is 2. The zero-order valence-electron chi connectivity index (χ0n) is 13.5. The maximum absolute atomic E-state index is 12.1. The Bertz CT molecular complexity index is 730. The minimum absolute atomic E-state index is 0.00548. The highest BCUT2D eigenvalue weighted by Crippen LogP contribution is 2.17. The normalized spacial score (nSPS) is 11.8. The van der Waals surface area contributed by atoms with E-state index in [0.29, 0.717) is 12.0 Å². The van der Waals surface area contributed by atoms with E-state index in [4.69, 9.17) is 5.11 Å². The Morgan fingerprint density at radius 2 is 1.71 bits per heavy atom. The van der Waals surface area contributed by atoms with Crippen molar-refractivity contribution in [2.45, 2.75) is 32.2 Å². The number of nitrogens with one attached hydrogen (secondary N) is 1. The van der Waals surface area contributed by atoms with Gasteiger partial charge >= 0.3 is 5.97 Å². The van der Waals surface area contributed by atoms with Crippen LogP contribution in [0.4, 0.5) is 0 Å². The van der Waals surface area contributed by atoms with Crippen molar-refractivity contribution in [1.82, 2.24) is 5.32 Å². The average molecular weight is 390 g/mol. The van der Waals surface area contributed by atoms with Crippen molar-refractivity contribution in [2.24, 2.45) is 0 Å². The molecular weight excluding hydrogens is 370 g/mol. The Morgan fingerprint density at radius 1 is 1.08 bits per heavy atom. The fourth-order valence-electron chi connectivity index (χ4n) is 2.59. The SMILES string of the molecule is CC(Cc1ccccc1Br)NC(=O)CCc1ccccc1C(=O)O. The topological polar surface area (TPSA) is 66.4 Å². The Morgan fingerprint density at radius 3 is 2.38 bits per heavy atom. The van der Waals surface area contributed by atoms with Crippen molar-refractivity contribution >= 4 is 27.8 Å². The van der Waals surface area contributed by atoms with E-state index in [1.165, 1.54) is 0 Å². The van der Waals surface area contributed by atoms with Crippen molar-refractivity contribution in [3.8, 4) is 0 Å². The van der Waals surface area contributed by atoms with E-state index in [-0.39, 0.29) is 23.9 Å². The summed E-state index contributed by atoms with van der Waals surface area (Å²) in [6, 6.07) is 14.7. The lowest BCUT2D eigenvalue weighted by molar-refractivity contribution is -0.121. The zero-order chi connectivity index (χ0) is 17.5. The predicted molar refractivity (Wildman–Crippen MR) is 97.2 cm³/mol. The Labute approximate surface area is 150 Å². The summed E-state index contributed by atoms with van der Waals surface area (Å²) in [5.74, 6) is -1.04. The number of halogens is 1. The number of aromatic carboxylic acids is 1. The van der Waals surface area contributed by atoms with Crippen LogP contribution in [0.5, 0.6) is 0 Å². The van der Waals surface area contributed by atoms with Gasteiger partial charge < -0.3 is 10.4 Å². The van der Waals surface area contributed by atoms with E-state index in [1.807, 2.05) is 31.2 Å². The molecule has 5 heteroatoms. The second-order valence-electron chi connectivity index (χ2n) is 5.73. The Hall–Kier alpha value is -2.14. The van der Waals surface area contributed by atoms with Gasteiger partial charge in [-0.2, -0.15) is 0 Å². The molecule has 4 nitrogen and oxygen atoms in total. The van der Waals surface area contributed by atoms with Gasteiger partial charge in [-0.05, 0) is 43.0 Å². The molecule has 2 N–H and O–H groups in total. The molecule has 0 bridgehead atoms. The van der Waals surface area contributed by atoms with Crippen LogP contribution in [0.2, 0.25) is 0 Å². The molecule has 1 unspecified atom stereocenters. The van der Waals surface area contributed by atoms with Gasteiger partial charge in [0.15, 0.2) is 0 Å². The van der Waals surface area contributed by atoms with Crippen LogP contribution >= 0.6 is 15.9 Å². The molecule has 0 aromatic heterocycles. The Kier molecular flexibility index (Phi) is 6.55. The van der Waals surface area contributed by atoms with Crippen LogP contribution in [0.15, 0.2) is 53.0 Å². The molecule has 0 spiro atoms. The van der Waals surface area contributed by atoms with Gasteiger partial charge in [-0.25, -0.2) is 4.79 Å². The van der Waals surface area contributed by atoms with E-state index in [0.717, 1.165) is 16.5 Å². The molecule has 0 radical (unpaired) electrons. The fraction of sp³-hybridized carbons (Fsp3) is 0.263. The monoisotopic (exact) mass is 389 g/mol. The molecule has 0 fully saturated rings. The van der Waals surface area contributed by atoms with Crippen molar-refractivity contribution in [2.75, 3.05) is 0 Å². The van der Waals surface area contributed by atoms with Crippen LogP contribution in [-0.2, 0) is 17.6 Å². The lowest BCUT2D eigenvalue weighted by atomic mass is 10.0. The number of carboxylic acids is 1. The highest BCUT2D eigenvalue weighted by atomic mass is 79.9. The number of carbonyl (C=O) groups excluding carboxylic acids is 1. The van der Waals surface area contributed by atoms with E-state index >= 15 is 0 Å². The maximum atomic E-state index is 12.1. The fourth-order valence-corrected chi connectivity index (χ4v) is 3.03. The molecule has 0 aliphatic heterocycles. The molecule has 0 aliphatic carbocycles. The van der Waals surface area contributed by atoms with Crippen LogP contribution in [0.1, 0.15) is 34.8 Å². The molecule has 2 aromatic carbocycles. The summed E-state index contributed by atoms with van der Waals surface area (Å²) in [4.78, 5) is 23.3. The van der Waals surface area contributed by atoms with Crippen LogP contribution in [0, 0.1) is 0 Å². The molecule has 1 amide bonds. The van der Waals surface area contributed by atoms with Crippen LogP contribution in [0.25, 0.3) is 0 Å². The largest absolute Gasteiger partial charge is 0.478 e. The van der Waals surface area contributed by atoms with Gasteiger partial charge in [0.25, 0.3) is 0 Å². The molecule has 24 heavy (non-hydrogen) atoms. The van der Waals surface area contributed by atoms with E-state index in [9.17, 15) is 9.59 Å². The first-order valence-corrected chi connectivity index (χ1v) is 8.60. The molecule has 126 valence electrons. The zero-order valence-corrected chi connectivity index (χ0v) is 15.0. The molecule has 0 saturated heterocycles. The van der Waals surface area contributed by atoms with Gasteiger partial charge in [-0.1, -0.05) is 52.3 Å². The van der Waals surface area contributed by atoms with Gasteiger partial charge in [0.1, 0.15) is 0 Å². The number of aryl methyl sites for hydroxylation is 1. The van der Waals surface area contributed by atoms with E-state index in [1.54, 1.807) is 24.3 Å². The van der Waals surface area contributed by atoms with Gasteiger partial charge in [0.05, 0.1) is 5.56 Å².